The molecule has 0 aromatic heterocycles. The van der Waals surface area contributed by atoms with Crippen LogP contribution in [0.4, 0.5) is 0 Å². The smallest absolute Gasteiger partial charge is 0.282 e. The lowest BCUT2D eigenvalue weighted by Crippen LogP contribution is -2.00. The van der Waals surface area contributed by atoms with E-state index in [4.69, 9.17) is 4.55 Å². The number of benzene rings is 1. The molecule has 1 N–H and O–H groups in total. The van der Waals surface area contributed by atoms with E-state index in [1.807, 2.05) is 0 Å². The third-order valence-electron chi connectivity index (χ3n) is 1.50. The predicted molar refractivity (Wildman–Crippen MR) is 55.9 cm³/mol. The summed E-state index contributed by atoms with van der Waals surface area (Å²) >= 11 is 3.16. The van der Waals surface area contributed by atoms with Crippen LogP contribution in [0.3, 0.4) is 0 Å². The van der Waals surface area contributed by atoms with Crippen molar-refractivity contribution in [2.75, 3.05) is 0 Å². The van der Waals surface area contributed by atoms with Crippen LogP contribution in [0.25, 0.3) is 0 Å². The van der Waals surface area contributed by atoms with Crippen molar-refractivity contribution >= 4 is 38.5 Å². The van der Waals surface area contributed by atoms with Gasteiger partial charge in [-0.2, -0.15) is 8.42 Å². The average molecular weight is 288 g/mol. The van der Waals surface area contributed by atoms with E-state index in [1.165, 1.54) is 6.07 Å². The van der Waals surface area contributed by atoms with E-state index in [1.54, 1.807) is 19.1 Å². The summed E-state index contributed by atoms with van der Waals surface area (Å²) in [5.74, 6) is 0. The van der Waals surface area contributed by atoms with Crippen molar-refractivity contribution in [1.82, 2.24) is 0 Å². The van der Waals surface area contributed by atoms with Gasteiger partial charge in [-0.15, -0.1) is 12.4 Å². The zero-order chi connectivity index (χ0) is 9.35. The zero-order valence-corrected chi connectivity index (χ0v) is 9.91. The maximum Gasteiger partial charge on any atom is 0.294 e. The van der Waals surface area contributed by atoms with Crippen LogP contribution in [0.1, 0.15) is 5.56 Å². The topological polar surface area (TPSA) is 54.4 Å². The SMILES string of the molecule is Cc1c(Br)cccc1S(=O)(=O)O.Cl. The molecular formula is C7H8BrClO3S. The summed E-state index contributed by atoms with van der Waals surface area (Å²) in [4.78, 5) is -0.0584. The van der Waals surface area contributed by atoms with Crippen molar-refractivity contribution in [3.05, 3.63) is 28.2 Å². The summed E-state index contributed by atoms with van der Waals surface area (Å²) in [7, 11) is -4.09. The third kappa shape index (κ3) is 2.95. The molecule has 0 heterocycles. The molecule has 1 rings (SSSR count). The second-order valence-corrected chi connectivity index (χ2v) is 4.58. The highest BCUT2D eigenvalue weighted by atomic mass is 79.9. The summed E-state index contributed by atoms with van der Waals surface area (Å²) in [6.07, 6.45) is 0. The van der Waals surface area contributed by atoms with Crippen LogP contribution in [0.15, 0.2) is 27.6 Å². The molecule has 1 aromatic carbocycles. The second kappa shape index (κ2) is 4.41. The fourth-order valence-electron chi connectivity index (χ4n) is 0.867. The van der Waals surface area contributed by atoms with E-state index >= 15 is 0 Å². The van der Waals surface area contributed by atoms with Gasteiger partial charge in [-0.1, -0.05) is 22.0 Å². The van der Waals surface area contributed by atoms with E-state index in [-0.39, 0.29) is 17.3 Å². The van der Waals surface area contributed by atoms with Gasteiger partial charge < -0.3 is 0 Å². The van der Waals surface area contributed by atoms with Gasteiger partial charge in [0, 0.05) is 4.47 Å². The van der Waals surface area contributed by atoms with E-state index in [0.717, 1.165) is 0 Å². The highest BCUT2D eigenvalue weighted by molar-refractivity contribution is 9.10. The van der Waals surface area contributed by atoms with E-state index in [2.05, 4.69) is 15.9 Å². The summed E-state index contributed by atoms with van der Waals surface area (Å²) in [5.41, 5.74) is 0.514. The zero-order valence-electron chi connectivity index (χ0n) is 6.69. The van der Waals surface area contributed by atoms with Crippen molar-refractivity contribution in [3.8, 4) is 0 Å². The van der Waals surface area contributed by atoms with Crippen molar-refractivity contribution in [3.63, 3.8) is 0 Å². The highest BCUT2D eigenvalue weighted by Gasteiger charge is 2.13. The average Bonchev–Trinajstić information content (AvgIpc) is 1.92. The molecule has 0 atom stereocenters. The Bertz CT molecular complexity index is 402. The van der Waals surface area contributed by atoms with Gasteiger partial charge >= 0.3 is 0 Å². The van der Waals surface area contributed by atoms with Gasteiger partial charge in [-0.25, -0.2) is 0 Å². The number of hydrogen-bond acceptors (Lipinski definition) is 2. The molecule has 0 spiro atoms. The largest absolute Gasteiger partial charge is 0.294 e. The van der Waals surface area contributed by atoms with Crippen LogP contribution >= 0.6 is 28.3 Å². The van der Waals surface area contributed by atoms with Gasteiger partial charge in [0.1, 0.15) is 0 Å². The minimum Gasteiger partial charge on any atom is -0.282 e. The van der Waals surface area contributed by atoms with Gasteiger partial charge in [0.05, 0.1) is 4.90 Å². The quantitative estimate of drug-likeness (QED) is 0.807. The summed E-state index contributed by atoms with van der Waals surface area (Å²) < 4.78 is 30.9. The minimum atomic E-state index is -4.09. The first-order chi connectivity index (χ1) is 5.43. The van der Waals surface area contributed by atoms with Gasteiger partial charge in [0.2, 0.25) is 0 Å². The second-order valence-electron chi connectivity index (χ2n) is 2.34. The molecule has 1 aromatic rings. The molecule has 0 unspecified atom stereocenters. The molecule has 0 aliphatic heterocycles. The van der Waals surface area contributed by atoms with E-state index < -0.39 is 10.1 Å². The van der Waals surface area contributed by atoms with Gasteiger partial charge in [0.25, 0.3) is 10.1 Å². The Morgan fingerprint density at radius 2 is 1.92 bits per heavy atom. The molecule has 0 saturated carbocycles. The summed E-state index contributed by atoms with van der Waals surface area (Å²) in [6, 6.07) is 4.62. The van der Waals surface area contributed by atoms with Crippen LogP contribution in [0.2, 0.25) is 0 Å². The molecule has 0 radical (unpaired) electrons. The number of hydrogen-bond donors (Lipinski definition) is 1. The maximum absolute atomic E-state index is 10.7. The Hall–Kier alpha value is -0.100. The Labute approximate surface area is 91.4 Å². The molecule has 0 fully saturated rings. The first kappa shape index (κ1) is 12.9. The fourth-order valence-corrected chi connectivity index (χ4v) is 2.11. The van der Waals surface area contributed by atoms with Crippen molar-refractivity contribution in [2.24, 2.45) is 0 Å². The normalized spacial score (nSPS) is 10.7. The first-order valence-corrected chi connectivity index (χ1v) is 5.39. The Morgan fingerprint density at radius 1 is 1.38 bits per heavy atom. The molecule has 0 aliphatic carbocycles. The Balaban J connectivity index is 0.00000144. The predicted octanol–water partition coefficient (Wildman–Crippen LogP) is 2.43. The van der Waals surface area contributed by atoms with Gasteiger partial charge in [-0.05, 0) is 24.6 Å². The van der Waals surface area contributed by atoms with Crippen molar-refractivity contribution in [2.45, 2.75) is 11.8 Å². The Kier molecular flexibility index (Phi) is 4.38. The van der Waals surface area contributed by atoms with Crippen molar-refractivity contribution in [1.29, 1.82) is 0 Å². The minimum absolute atomic E-state index is 0. The summed E-state index contributed by atoms with van der Waals surface area (Å²) in [6.45, 7) is 1.62. The molecular weight excluding hydrogens is 279 g/mol. The van der Waals surface area contributed by atoms with Crippen molar-refractivity contribution < 1.29 is 13.0 Å². The number of halogens is 2. The standard InChI is InChI=1S/C7H7BrO3S.ClH/c1-5-6(8)3-2-4-7(5)12(9,10)11;/h2-4H,1H3,(H,9,10,11);1H. The molecule has 0 amide bonds. The molecule has 74 valence electrons. The molecule has 0 aliphatic rings. The molecule has 0 bridgehead atoms. The Morgan fingerprint density at radius 3 is 2.31 bits per heavy atom. The first-order valence-electron chi connectivity index (χ1n) is 3.15. The molecule has 13 heavy (non-hydrogen) atoms. The fraction of sp³-hybridized carbons (Fsp3) is 0.143. The van der Waals surface area contributed by atoms with Gasteiger partial charge in [0.15, 0.2) is 0 Å². The maximum atomic E-state index is 10.7. The molecule has 3 nitrogen and oxygen atoms in total. The van der Waals surface area contributed by atoms with Crippen LogP contribution in [0.5, 0.6) is 0 Å². The van der Waals surface area contributed by atoms with Crippen LogP contribution in [0, 0.1) is 6.92 Å². The number of rotatable bonds is 1. The molecule has 0 saturated heterocycles. The summed E-state index contributed by atoms with van der Waals surface area (Å²) in [5, 5.41) is 0. The third-order valence-corrected chi connectivity index (χ3v) is 3.35. The lowest BCUT2D eigenvalue weighted by atomic mass is 10.2. The van der Waals surface area contributed by atoms with E-state index in [9.17, 15) is 8.42 Å². The van der Waals surface area contributed by atoms with Crippen LogP contribution in [-0.4, -0.2) is 13.0 Å². The van der Waals surface area contributed by atoms with Crippen LogP contribution in [-0.2, 0) is 10.1 Å². The monoisotopic (exact) mass is 286 g/mol. The van der Waals surface area contributed by atoms with Crippen LogP contribution < -0.4 is 0 Å². The van der Waals surface area contributed by atoms with E-state index in [0.29, 0.717) is 10.0 Å². The molecule has 6 heteroatoms. The van der Waals surface area contributed by atoms with Gasteiger partial charge in [-0.3, -0.25) is 4.55 Å². The highest BCUT2D eigenvalue weighted by Crippen LogP contribution is 2.22. The lowest BCUT2D eigenvalue weighted by molar-refractivity contribution is 0.482. The lowest BCUT2D eigenvalue weighted by Gasteiger charge is -2.02.